The second-order valence-electron chi connectivity index (χ2n) is 7.75. The number of nitrogens with one attached hydrogen (secondary N) is 2. The summed E-state index contributed by atoms with van der Waals surface area (Å²) in [6.45, 7) is 0. The minimum Gasteiger partial charge on any atom is -0.487 e. The molecule has 0 radical (unpaired) electrons. The van der Waals surface area contributed by atoms with Crippen LogP contribution in [0.1, 0.15) is 37.3 Å². The molecule has 2 aromatic carbocycles. The lowest BCUT2D eigenvalue weighted by molar-refractivity contribution is -0.384. The Hall–Kier alpha value is -3.53. The summed E-state index contributed by atoms with van der Waals surface area (Å²) in [5.74, 6) is 0.829. The third-order valence-electron chi connectivity index (χ3n) is 5.74. The number of rotatable bonds is 4. The van der Waals surface area contributed by atoms with Crippen LogP contribution in [0, 0.1) is 10.1 Å². The number of nitrogens with zero attached hydrogens (tertiary/aromatic N) is 3. The van der Waals surface area contributed by atoms with Gasteiger partial charge in [-0.3, -0.25) is 15.4 Å². The molecular formula is C21H19N5O4S. The third kappa shape index (κ3) is 3.81. The van der Waals surface area contributed by atoms with Gasteiger partial charge in [-0.1, -0.05) is 29.5 Å². The summed E-state index contributed by atoms with van der Waals surface area (Å²) in [6.07, 6.45) is 3.87. The second-order valence-corrected chi connectivity index (χ2v) is 8.73. The van der Waals surface area contributed by atoms with Crippen molar-refractivity contribution in [2.45, 2.75) is 37.3 Å². The molecule has 2 aliphatic rings. The number of anilines is 1. The maximum absolute atomic E-state index is 12.7. The standard InChI is InChI=1S/C21H19N5O4S/c27-19(22-16-12-21(10-3-11-21)30-17-5-2-1-4-15(16)17)23-20-25-24-18(31-20)13-6-8-14(9-7-13)26(28)29/h1-2,4-9,16H,3,10-12H2,(H2,22,23,25,27). The molecule has 1 aromatic heterocycles. The van der Waals surface area contributed by atoms with E-state index in [1.165, 1.54) is 23.5 Å². The van der Waals surface area contributed by atoms with Crippen LogP contribution in [0.2, 0.25) is 0 Å². The molecule has 5 rings (SSSR count). The molecule has 158 valence electrons. The van der Waals surface area contributed by atoms with E-state index >= 15 is 0 Å². The van der Waals surface area contributed by atoms with E-state index in [9.17, 15) is 14.9 Å². The monoisotopic (exact) mass is 437 g/mol. The largest absolute Gasteiger partial charge is 0.487 e. The average Bonchev–Trinajstić information content (AvgIpc) is 3.21. The van der Waals surface area contributed by atoms with E-state index < -0.39 is 4.92 Å². The predicted molar refractivity (Wildman–Crippen MR) is 115 cm³/mol. The Morgan fingerprint density at radius 2 is 1.94 bits per heavy atom. The van der Waals surface area contributed by atoms with E-state index in [0.717, 1.165) is 37.0 Å². The first kappa shape index (κ1) is 19.4. The van der Waals surface area contributed by atoms with Crippen LogP contribution >= 0.6 is 11.3 Å². The molecule has 1 saturated carbocycles. The Morgan fingerprint density at radius 3 is 2.65 bits per heavy atom. The quantitative estimate of drug-likeness (QED) is 0.452. The maximum atomic E-state index is 12.7. The first-order chi connectivity index (χ1) is 15.0. The second kappa shape index (κ2) is 7.62. The van der Waals surface area contributed by atoms with Crippen LogP contribution in [0.5, 0.6) is 5.75 Å². The molecule has 1 aliphatic heterocycles. The lowest BCUT2D eigenvalue weighted by Crippen LogP contribution is -2.50. The van der Waals surface area contributed by atoms with Crippen molar-refractivity contribution in [1.29, 1.82) is 0 Å². The summed E-state index contributed by atoms with van der Waals surface area (Å²) in [6, 6.07) is 13.3. The molecule has 2 amide bonds. The fraction of sp³-hybridized carbons (Fsp3) is 0.286. The van der Waals surface area contributed by atoms with Crippen LogP contribution in [-0.4, -0.2) is 26.8 Å². The molecule has 10 heteroatoms. The highest BCUT2D eigenvalue weighted by molar-refractivity contribution is 7.18. The van der Waals surface area contributed by atoms with E-state index in [4.69, 9.17) is 4.74 Å². The minimum absolute atomic E-state index is 0.00645. The van der Waals surface area contributed by atoms with Crippen molar-refractivity contribution in [3.63, 3.8) is 0 Å². The summed E-state index contributed by atoms with van der Waals surface area (Å²) in [4.78, 5) is 23.0. The number of hydrogen-bond acceptors (Lipinski definition) is 7. The topological polar surface area (TPSA) is 119 Å². The van der Waals surface area contributed by atoms with Gasteiger partial charge in [-0.2, -0.15) is 0 Å². The van der Waals surface area contributed by atoms with Gasteiger partial charge in [-0.25, -0.2) is 4.79 Å². The number of carbonyl (C=O) groups is 1. The Bertz CT molecular complexity index is 1140. The maximum Gasteiger partial charge on any atom is 0.321 e. The Morgan fingerprint density at radius 1 is 1.16 bits per heavy atom. The number of para-hydroxylation sites is 1. The van der Waals surface area contributed by atoms with Crippen molar-refractivity contribution in [3.05, 3.63) is 64.2 Å². The van der Waals surface area contributed by atoms with E-state index in [1.807, 2.05) is 24.3 Å². The van der Waals surface area contributed by atoms with Gasteiger partial charge < -0.3 is 10.1 Å². The predicted octanol–water partition coefficient (Wildman–Crippen LogP) is 4.68. The first-order valence-electron chi connectivity index (χ1n) is 9.95. The average molecular weight is 437 g/mol. The SMILES string of the molecule is O=C(Nc1nnc(-c2ccc([N+](=O)[O-])cc2)s1)NC1CC2(CCC2)Oc2ccccc21. The summed E-state index contributed by atoms with van der Waals surface area (Å²) in [5.41, 5.74) is 1.49. The number of urea groups is 1. The summed E-state index contributed by atoms with van der Waals surface area (Å²) in [5, 5.41) is 25.6. The number of ether oxygens (including phenoxy) is 1. The summed E-state index contributed by atoms with van der Waals surface area (Å²) in [7, 11) is 0. The van der Waals surface area contributed by atoms with Crippen molar-refractivity contribution >= 4 is 28.2 Å². The number of nitro groups is 1. The molecule has 1 spiro atoms. The molecule has 1 fully saturated rings. The minimum atomic E-state index is -0.455. The van der Waals surface area contributed by atoms with Crippen molar-refractivity contribution in [2.75, 3.05) is 5.32 Å². The highest BCUT2D eigenvalue weighted by Crippen LogP contribution is 2.48. The number of benzene rings is 2. The molecule has 9 nitrogen and oxygen atoms in total. The van der Waals surface area contributed by atoms with Crippen LogP contribution in [0.15, 0.2) is 48.5 Å². The van der Waals surface area contributed by atoms with E-state index in [0.29, 0.717) is 15.7 Å². The number of non-ortho nitro benzene ring substituents is 1. The highest BCUT2D eigenvalue weighted by atomic mass is 32.1. The van der Waals surface area contributed by atoms with Gasteiger partial charge >= 0.3 is 6.03 Å². The van der Waals surface area contributed by atoms with Gasteiger partial charge in [0.15, 0.2) is 0 Å². The molecule has 0 saturated heterocycles. The van der Waals surface area contributed by atoms with Gasteiger partial charge in [-0.15, -0.1) is 10.2 Å². The van der Waals surface area contributed by atoms with Crippen LogP contribution < -0.4 is 15.4 Å². The Balaban J connectivity index is 1.27. The van der Waals surface area contributed by atoms with Gasteiger partial charge in [0.2, 0.25) is 5.13 Å². The smallest absolute Gasteiger partial charge is 0.321 e. The van der Waals surface area contributed by atoms with Crippen molar-refractivity contribution < 1.29 is 14.5 Å². The molecule has 2 heterocycles. The zero-order valence-electron chi connectivity index (χ0n) is 16.4. The number of nitro benzene ring substituents is 1. The Kier molecular flexibility index (Phi) is 4.78. The summed E-state index contributed by atoms with van der Waals surface area (Å²) < 4.78 is 6.23. The van der Waals surface area contributed by atoms with Crippen molar-refractivity contribution in [2.24, 2.45) is 0 Å². The lowest BCUT2D eigenvalue weighted by Gasteiger charge is -2.47. The zero-order valence-corrected chi connectivity index (χ0v) is 17.2. The summed E-state index contributed by atoms with van der Waals surface area (Å²) >= 11 is 1.20. The molecule has 31 heavy (non-hydrogen) atoms. The molecule has 1 aliphatic carbocycles. The van der Waals surface area contributed by atoms with Gasteiger partial charge in [0.05, 0.1) is 11.0 Å². The van der Waals surface area contributed by atoms with Gasteiger partial charge in [-0.05, 0) is 37.5 Å². The van der Waals surface area contributed by atoms with Crippen LogP contribution in [0.25, 0.3) is 10.6 Å². The van der Waals surface area contributed by atoms with E-state index in [2.05, 4.69) is 20.8 Å². The molecule has 1 atom stereocenters. The molecule has 2 N–H and O–H groups in total. The highest BCUT2D eigenvalue weighted by Gasteiger charge is 2.45. The first-order valence-corrected chi connectivity index (χ1v) is 10.8. The number of hydrogen-bond donors (Lipinski definition) is 2. The zero-order chi connectivity index (χ0) is 21.4. The van der Waals surface area contributed by atoms with Gasteiger partial charge in [0.25, 0.3) is 5.69 Å². The van der Waals surface area contributed by atoms with Crippen LogP contribution in [-0.2, 0) is 0 Å². The van der Waals surface area contributed by atoms with Crippen LogP contribution in [0.4, 0.5) is 15.6 Å². The normalized spacial score (nSPS) is 18.4. The van der Waals surface area contributed by atoms with Crippen molar-refractivity contribution in [3.8, 4) is 16.3 Å². The molecule has 3 aromatic rings. The lowest BCUT2D eigenvalue weighted by atomic mass is 9.73. The van der Waals surface area contributed by atoms with E-state index in [-0.39, 0.29) is 23.4 Å². The number of fused-ring (bicyclic) bond motifs is 1. The molecular weight excluding hydrogens is 418 g/mol. The van der Waals surface area contributed by atoms with Crippen molar-refractivity contribution in [1.82, 2.24) is 15.5 Å². The number of amides is 2. The Labute approximate surface area is 181 Å². The fourth-order valence-electron chi connectivity index (χ4n) is 4.03. The van der Waals surface area contributed by atoms with Crippen LogP contribution in [0.3, 0.4) is 0 Å². The molecule has 0 bridgehead atoms. The number of aromatic nitrogens is 2. The number of carbonyl (C=O) groups excluding carboxylic acids is 1. The van der Waals surface area contributed by atoms with Gasteiger partial charge in [0, 0.05) is 29.7 Å². The van der Waals surface area contributed by atoms with Gasteiger partial charge in [0.1, 0.15) is 16.4 Å². The molecule has 1 unspecified atom stereocenters. The third-order valence-corrected chi connectivity index (χ3v) is 6.63. The van der Waals surface area contributed by atoms with E-state index in [1.54, 1.807) is 12.1 Å². The fourth-order valence-corrected chi connectivity index (χ4v) is 4.78.